The Kier molecular flexibility index (Phi) is 7.01. The Morgan fingerprint density at radius 1 is 1.29 bits per heavy atom. The largest absolute Gasteiger partial charge is 0.460 e. The van der Waals surface area contributed by atoms with Crippen LogP contribution in [0.4, 0.5) is 0 Å². The van der Waals surface area contributed by atoms with Gasteiger partial charge < -0.3 is 14.8 Å². The van der Waals surface area contributed by atoms with Crippen molar-refractivity contribution in [1.82, 2.24) is 25.2 Å². The van der Waals surface area contributed by atoms with E-state index < -0.39 is 0 Å². The summed E-state index contributed by atoms with van der Waals surface area (Å²) in [6, 6.07) is 11.7. The zero-order chi connectivity index (χ0) is 21.6. The number of aliphatic hydroxyl groups is 1. The van der Waals surface area contributed by atoms with Crippen molar-refractivity contribution in [2.24, 2.45) is 0 Å². The maximum Gasteiger partial charge on any atom is 0.273 e. The number of likely N-dealkylation sites (tertiary alicyclic amines) is 1. The summed E-state index contributed by atoms with van der Waals surface area (Å²) in [6.45, 7) is 2.93. The fourth-order valence-electron chi connectivity index (χ4n) is 3.81. The first-order valence-corrected chi connectivity index (χ1v) is 10.9. The van der Waals surface area contributed by atoms with Crippen molar-refractivity contribution in [3.63, 3.8) is 0 Å². The summed E-state index contributed by atoms with van der Waals surface area (Å²) in [7, 11) is 0. The molecule has 1 aliphatic rings. The maximum atomic E-state index is 12.1. The zero-order valence-corrected chi connectivity index (χ0v) is 18.0. The number of piperidine rings is 1. The molecule has 0 saturated carbocycles. The fourth-order valence-corrected chi connectivity index (χ4v) is 4.04. The monoisotopic (exact) mass is 443 g/mol. The SMILES string of the molecule is O=C(NCCCO)c1cn([C@H]2CCCN(Cc3ccc(-c4ccccc4Cl)o3)C2)nn1. The van der Waals surface area contributed by atoms with E-state index in [1.54, 1.807) is 10.9 Å². The standard InChI is InChI=1S/C22H26ClN5O3/c23-19-7-2-1-6-18(19)21-9-8-17(31-21)14-27-11-3-5-16(13-27)28-15-20(25-26-28)22(30)24-10-4-12-29/h1-2,6-9,15-16,29H,3-5,10-14H2,(H,24,30)/t16-/m0/s1. The van der Waals surface area contributed by atoms with Crippen LogP contribution in [0.1, 0.15) is 41.6 Å². The predicted molar refractivity (Wildman–Crippen MR) is 117 cm³/mol. The van der Waals surface area contributed by atoms with Crippen molar-refractivity contribution in [2.75, 3.05) is 26.2 Å². The van der Waals surface area contributed by atoms with E-state index in [1.165, 1.54) is 0 Å². The summed E-state index contributed by atoms with van der Waals surface area (Å²) in [4.78, 5) is 14.4. The lowest BCUT2D eigenvalue weighted by atomic mass is 10.1. The molecule has 0 bridgehead atoms. The fraction of sp³-hybridized carbons (Fsp3) is 0.409. The zero-order valence-electron chi connectivity index (χ0n) is 17.2. The number of halogens is 1. The van der Waals surface area contributed by atoms with Crippen LogP contribution < -0.4 is 5.32 Å². The number of nitrogens with one attached hydrogen (secondary N) is 1. The van der Waals surface area contributed by atoms with Crippen LogP contribution in [0.25, 0.3) is 11.3 Å². The quantitative estimate of drug-likeness (QED) is 0.519. The molecule has 31 heavy (non-hydrogen) atoms. The molecule has 0 spiro atoms. The molecule has 3 aromatic rings. The van der Waals surface area contributed by atoms with Gasteiger partial charge in [-0.15, -0.1) is 5.10 Å². The number of benzene rings is 1. The summed E-state index contributed by atoms with van der Waals surface area (Å²) in [6.07, 6.45) is 4.22. The van der Waals surface area contributed by atoms with Crippen LogP contribution in [-0.4, -0.2) is 57.1 Å². The highest BCUT2D eigenvalue weighted by Crippen LogP contribution is 2.30. The van der Waals surface area contributed by atoms with Crippen molar-refractivity contribution in [2.45, 2.75) is 31.8 Å². The molecule has 1 saturated heterocycles. The summed E-state index contributed by atoms with van der Waals surface area (Å²) in [5.74, 6) is 1.38. The molecule has 1 atom stereocenters. The lowest BCUT2D eigenvalue weighted by Crippen LogP contribution is -2.36. The Bertz CT molecular complexity index is 1020. The van der Waals surface area contributed by atoms with Gasteiger partial charge in [0, 0.05) is 25.3 Å². The highest BCUT2D eigenvalue weighted by atomic mass is 35.5. The Morgan fingerprint density at radius 2 is 2.16 bits per heavy atom. The summed E-state index contributed by atoms with van der Waals surface area (Å²) < 4.78 is 7.83. The second-order valence-corrected chi connectivity index (χ2v) is 8.10. The number of aromatic nitrogens is 3. The van der Waals surface area contributed by atoms with Gasteiger partial charge in [-0.2, -0.15) is 0 Å². The summed E-state index contributed by atoms with van der Waals surface area (Å²) in [5, 5.41) is 20.4. The van der Waals surface area contributed by atoms with Gasteiger partial charge in [-0.05, 0) is 50.1 Å². The van der Waals surface area contributed by atoms with Gasteiger partial charge in [0.05, 0.1) is 23.8 Å². The number of aliphatic hydroxyl groups excluding tert-OH is 1. The summed E-state index contributed by atoms with van der Waals surface area (Å²) in [5.41, 5.74) is 1.19. The number of carbonyl (C=O) groups is 1. The van der Waals surface area contributed by atoms with Crippen molar-refractivity contribution in [1.29, 1.82) is 0 Å². The number of hydrogen-bond donors (Lipinski definition) is 2. The highest BCUT2D eigenvalue weighted by Gasteiger charge is 2.24. The smallest absolute Gasteiger partial charge is 0.273 e. The first-order chi connectivity index (χ1) is 15.1. The second-order valence-electron chi connectivity index (χ2n) is 7.69. The molecule has 1 amide bonds. The molecular weight excluding hydrogens is 418 g/mol. The molecule has 2 aromatic heterocycles. The first kappa shape index (κ1) is 21.5. The van der Waals surface area contributed by atoms with Crippen LogP contribution in [0.3, 0.4) is 0 Å². The molecule has 0 radical (unpaired) electrons. The van der Waals surface area contributed by atoms with Crippen molar-refractivity contribution < 1.29 is 14.3 Å². The molecule has 164 valence electrons. The molecule has 0 aliphatic carbocycles. The van der Waals surface area contributed by atoms with Crippen LogP contribution in [0, 0.1) is 0 Å². The number of rotatable bonds is 8. The van der Waals surface area contributed by atoms with E-state index in [4.69, 9.17) is 21.1 Å². The molecule has 8 nitrogen and oxygen atoms in total. The Labute approximate surface area is 185 Å². The van der Waals surface area contributed by atoms with Gasteiger partial charge in [0.25, 0.3) is 5.91 Å². The van der Waals surface area contributed by atoms with Crippen molar-refractivity contribution in [3.05, 3.63) is 59.1 Å². The van der Waals surface area contributed by atoms with E-state index in [1.807, 2.05) is 36.4 Å². The molecule has 9 heteroatoms. The van der Waals surface area contributed by atoms with E-state index in [0.717, 1.165) is 43.0 Å². The lowest BCUT2D eigenvalue weighted by Gasteiger charge is -2.31. The van der Waals surface area contributed by atoms with Crippen molar-refractivity contribution >= 4 is 17.5 Å². The van der Waals surface area contributed by atoms with Gasteiger partial charge in [0.1, 0.15) is 11.5 Å². The molecule has 1 fully saturated rings. The minimum absolute atomic E-state index is 0.0421. The highest BCUT2D eigenvalue weighted by molar-refractivity contribution is 6.33. The molecule has 0 unspecified atom stereocenters. The van der Waals surface area contributed by atoms with E-state index in [9.17, 15) is 4.79 Å². The van der Waals surface area contributed by atoms with Gasteiger partial charge in [-0.1, -0.05) is 28.9 Å². The van der Waals surface area contributed by atoms with Crippen LogP contribution in [0.5, 0.6) is 0 Å². The number of carbonyl (C=O) groups excluding carboxylic acids is 1. The Morgan fingerprint density at radius 3 is 3.00 bits per heavy atom. The average Bonchev–Trinajstić information content (AvgIpc) is 3.45. The minimum Gasteiger partial charge on any atom is -0.460 e. The van der Waals surface area contributed by atoms with E-state index >= 15 is 0 Å². The first-order valence-electron chi connectivity index (χ1n) is 10.5. The molecule has 2 N–H and O–H groups in total. The third kappa shape index (κ3) is 5.33. The molecule has 1 aliphatic heterocycles. The third-order valence-electron chi connectivity index (χ3n) is 5.40. The van der Waals surface area contributed by atoms with Crippen LogP contribution >= 0.6 is 11.6 Å². The van der Waals surface area contributed by atoms with E-state index in [0.29, 0.717) is 30.2 Å². The normalized spacial score (nSPS) is 17.0. The minimum atomic E-state index is -0.268. The third-order valence-corrected chi connectivity index (χ3v) is 5.73. The molecule has 3 heterocycles. The van der Waals surface area contributed by atoms with Gasteiger partial charge in [-0.25, -0.2) is 4.68 Å². The number of nitrogens with zero attached hydrogens (tertiary/aromatic N) is 4. The maximum absolute atomic E-state index is 12.1. The second kappa shape index (κ2) is 10.1. The van der Waals surface area contributed by atoms with E-state index in [2.05, 4.69) is 20.5 Å². The van der Waals surface area contributed by atoms with Gasteiger partial charge >= 0.3 is 0 Å². The number of furan rings is 1. The lowest BCUT2D eigenvalue weighted by molar-refractivity contribution is 0.0946. The average molecular weight is 444 g/mol. The van der Waals surface area contributed by atoms with E-state index in [-0.39, 0.29) is 18.6 Å². The molecule has 1 aromatic carbocycles. The van der Waals surface area contributed by atoms with Crippen LogP contribution in [0.2, 0.25) is 5.02 Å². The molecular formula is C22H26ClN5O3. The summed E-state index contributed by atoms with van der Waals surface area (Å²) >= 11 is 6.28. The topological polar surface area (TPSA) is 96.4 Å². The van der Waals surface area contributed by atoms with Crippen molar-refractivity contribution in [3.8, 4) is 11.3 Å². The Balaban J connectivity index is 1.36. The predicted octanol–water partition coefficient (Wildman–Crippen LogP) is 3.14. The van der Waals surface area contributed by atoms with Gasteiger partial charge in [-0.3, -0.25) is 9.69 Å². The Hall–Kier alpha value is -2.68. The molecule has 4 rings (SSSR count). The van der Waals surface area contributed by atoms with Crippen LogP contribution in [0.15, 0.2) is 47.0 Å². The number of amides is 1. The van der Waals surface area contributed by atoms with Crippen LogP contribution in [-0.2, 0) is 6.54 Å². The number of hydrogen-bond acceptors (Lipinski definition) is 6. The van der Waals surface area contributed by atoms with Gasteiger partial charge in [0.15, 0.2) is 5.69 Å². The van der Waals surface area contributed by atoms with Gasteiger partial charge in [0.2, 0.25) is 0 Å².